The SMILES string of the molecule is CC(=O)O.CC(=O)O.CC(=O)O.CC(=O)O.CC(=O)O.CC(=O)O.CC(=O)O.CC(=O)O.CC(=O)O.CC(=O)O.CC(=O)O.CC(=O)O. The maximum atomic E-state index is 9.00. The van der Waals surface area contributed by atoms with Crippen molar-refractivity contribution in [2.45, 2.75) is 83.1 Å². The van der Waals surface area contributed by atoms with Gasteiger partial charge in [0.05, 0.1) is 0 Å². The van der Waals surface area contributed by atoms with E-state index in [2.05, 4.69) is 0 Å². The van der Waals surface area contributed by atoms with Crippen molar-refractivity contribution in [1.82, 2.24) is 0 Å². The molecule has 0 atom stereocenters. The summed E-state index contributed by atoms with van der Waals surface area (Å²) in [6.07, 6.45) is 0. The van der Waals surface area contributed by atoms with E-state index in [0.717, 1.165) is 83.1 Å². The molecule has 0 bridgehead atoms. The fourth-order valence-corrected chi connectivity index (χ4v) is 0. The van der Waals surface area contributed by atoms with Crippen LogP contribution in [0.4, 0.5) is 0 Å². The summed E-state index contributed by atoms with van der Waals surface area (Å²) in [7, 11) is 0. The summed E-state index contributed by atoms with van der Waals surface area (Å²) in [6.45, 7) is 13.0. The second-order valence-electron chi connectivity index (χ2n) is 6.23. The minimum Gasteiger partial charge on any atom is -0.481 e. The molecule has 0 aromatic heterocycles. The lowest BCUT2D eigenvalue weighted by atomic mass is 10.9. The Bertz CT molecular complexity index is 582. The van der Waals surface area contributed by atoms with E-state index in [0.29, 0.717) is 0 Å². The molecule has 0 aliphatic rings. The lowest BCUT2D eigenvalue weighted by Crippen LogP contribution is -1.78. The first kappa shape index (κ1) is 78.3. The molecule has 24 heteroatoms. The Morgan fingerprint density at radius 2 is 0.167 bits per heavy atom. The molecule has 0 saturated carbocycles. The first-order valence-electron chi connectivity index (χ1n) is 11.1. The molecule has 0 saturated heterocycles. The van der Waals surface area contributed by atoms with Crippen LogP contribution < -0.4 is 0 Å². The Balaban J connectivity index is -0.0000000295. The molecular formula is C24H48O24. The van der Waals surface area contributed by atoms with Crippen molar-refractivity contribution < 1.29 is 119 Å². The van der Waals surface area contributed by atoms with E-state index in [1.807, 2.05) is 0 Å². The van der Waals surface area contributed by atoms with E-state index in [4.69, 9.17) is 119 Å². The van der Waals surface area contributed by atoms with Crippen LogP contribution in [0.3, 0.4) is 0 Å². The van der Waals surface area contributed by atoms with Crippen LogP contribution in [0.15, 0.2) is 0 Å². The molecule has 0 aromatic rings. The van der Waals surface area contributed by atoms with Gasteiger partial charge in [-0.1, -0.05) is 0 Å². The zero-order valence-electron chi connectivity index (χ0n) is 28.3. The van der Waals surface area contributed by atoms with Crippen LogP contribution in [0.25, 0.3) is 0 Å². The summed E-state index contributed by atoms with van der Waals surface area (Å²) >= 11 is 0. The highest BCUT2D eigenvalue weighted by molar-refractivity contribution is 5.65. The number of rotatable bonds is 0. The highest BCUT2D eigenvalue weighted by atomic mass is 16.4. The quantitative estimate of drug-likeness (QED) is 0.166. The average molecular weight is 721 g/mol. The largest absolute Gasteiger partial charge is 0.481 e. The zero-order chi connectivity index (χ0) is 42.9. The minimum absolute atomic E-state index is 0.833. The van der Waals surface area contributed by atoms with E-state index in [9.17, 15) is 0 Å². The normalized spacial score (nSPS) is 6.25. The first-order valence-corrected chi connectivity index (χ1v) is 11.1. The topological polar surface area (TPSA) is 448 Å². The van der Waals surface area contributed by atoms with Crippen molar-refractivity contribution in [3.05, 3.63) is 0 Å². The van der Waals surface area contributed by atoms with Gasteiger partial charge in [-0.25, -0.2) is 0 Å². The minimum atomic E-state index is -0.833. The monoisotopic (exact) mass is 720 g/mol. The van der Waals surface area contributed by atoms with E-state index in [-0.39, 0.29) is 0 Å². The second kappa shape index (κ2) is 72.7. The molecule has 0 rings (SSSR count). The molecule has 12 N–H and O–H groups in total. The van der Waals surface area contributed by atoms with Gasteiger partial charge in [0, 0.05) is 83.1 Å². The average Bonchev–Trinajstić information content (AvgIpc) is 2.61. The third-order valence-electron chi connectivity index (χ3n) is 0. The Morgan fingerprint density at radius 1 is 0.167 bits per heavy atom. The van der Waals surface area contributed by atoms with E-state index < -0.39 is 71.6 Å². The third kappa shape index (κ3) is 1460. The molecule has 0 aromatic carbocycles. The van der Waals surface area contributed by atoms with Crippen LogP contribution in [0, 0.1) is 0 Å². The summed E-state index contributed by atoms with van der Waals surface area (Å²) < 4.78 is 0. The lowest BCUT2D eigenvalue weighted by Gasteiger charge is -1.59. The number of carboxylic acid groups (broad SMARTS) is 12. The molecule has 0 heterocycles. The van der Waals surface area contributed by atoms with Gasteiger partial charge in [0.2, 0.25) is 0 Å². The fourth-order valence-electron chi connectivity index (χ4n) is 0. The summed E-state index contributed by atoms with van der Waals surface area (Å²) in [4.78, 5) is 108. The summed E-state index contributed by atoms with van der Waals surface area (Å²) in [5.41, 5.74) is 0. The molecule has 24 nitrogen and oxygen atoms in total. The van der Waals surface area contributed by atoms with Crippen LogP contribution in [0.5, 0.6) is 0 Å². The standard InChI is InChI=1S/12C2H4O2/c12*1-2(3)4/h12*1H3,(H,3,4). The lowest BCUT2D eigenvalue weighted by molar-refractivity contribution is -0.135. The Hall–Kier alpha value is -6.36. The van der Waals surface area contributed by atoms with Crippen molar-refractivity contribution in [3.8, 4) is 0 Å². The molecule has 0 unspecified atom stereocenters. The second-order valence-corrected chi connectivity index (χ2v) is 6.23. The third-order valence-corrected chi connectivity index (χ3v) is 0. The number of aliphatic carboxylic acids is 12. The Morgan fingerprint density at radius 3 is 0.167 bits per heavy atom. The van der Waals surface area contributed by atoms with Crippen molar-refractivity contribution >= 4 is 71.6 Å². The molecule has 0 amide bonds. The molecule has 0 fully saturated rings. The predicted octanol–water partition coefficient (Wildman–Crippen LogP) is 1.09. The van der Waals surface area contributed by atoms with Gasteiger partial charge in [0.1, 0.15) is 0 Å². The Kier molecular flexibility index (Phi) is 119. The van der Waals surface area contributed by atoms with Gasteiger partial charge >= 0.3 is 0 Å². The maximum absolute atomic E-state index is 9.00. The van der Waals surface area contributed by atoms with E-state index >= 15 is 0 Å². The molecule has 48 heavy (non-hydrogen) atoms. The van der Waals surface area contributed by atoms with Gasteiger partial charge in [-0.15, -0.1) is 0 Å². The molecular weight excluding hydrogens is 672 g/mol. The van der Waals surface area contributed by atoms with Crippen LogP contribution >= 0.6 is 0 Å². The summed E-state index contributed by atoms with van der Waals surface area (Å²) in [5, 5.41) is 89.0. The highest BCUT2D eigenvalue weighted by Crippen LogP contribution is 1.46. The molecule has 288 valence electrons. The van der Waals surface area contributed by atoms with Crippen LogP contribution in [0.2, 0.25) is 0 Å². The predicted molar refractivity (Wildman–Crippen MR) is 160 cm³/mol. The maximum Gasteiger partial charge on any atom is 0.300 e. The van der Waals surface area contributed by atoms with Crippen molar-refractivity contribution in [2.75, 3.05) is 0 Å². The van der Waals surface area contributed by atoms with Crippen molar-refractivity contribution in [3.63, 3.8) is 0 Å². The first-order chi connectivity index (χ1) is 20.8. The number of carboxylic acids is 12. The number of hydrogen-bond acceptors (Lipinski definition) is 12. The van der Waals surface area contributed by atoms with Crippen LogP contribution in [0.1, 0.15) is 83.1 Å². The number of hydrogen-bond donors (Lipinski definition) is 12. The van der Waals surface area contributed by atoms with Gasteiger partial charge < -0.3 is 61.3 Å². The molecule has 0 spiro atoms. The number of carbonyl (C=O) groups is 12. The van der Waals surface area contributed by atoms with Crippen LogP contribution in [-0.4, -0.2) is 133 Å². The van der Waals surface area contributed by atoms with Gasteiger partial charge in [-0.2, -0.15) is 0 Å². The van der Waals surface area contributed by atoms with Gasteiger partial charge in [-0.05, 0) is 0 Å². The summed E-state index contributed by atoms with van der Waals surface area (Å²) in [5.74, 6) is -10.0. The smallest absolute Gasteiger partial charge is 0.300 e. The van der Waals surface area contributed by atoms with Crippen molar-refractivity contribution in [2.24, 2.45) is 0 Å². The molecule has 0 aliphatic carbocycles. The molecule has 0 aliphatic heterocycles. The van der Waals surface area contributed by atoms with Crippen molar-refractivity contribution in [1.29, 1.82) is 0 Å². The van der Waals surface area contributed by atoms with Gasteiger partial charge in [-0.3, -0.25) is 57.5 Å². The summed E-state index contributed by atoms with van der Waals surface area (Å²) in [6, 6.07) is 0. The van der Waals surface area contributed by atoms with Gasteiger partial charge in [0.25, 0.3) is 71.6 Å². The highest BCUT2D eigenvalue weighted by Gasteiger charge is 1.69. The van der Waals surface area contributed by atoms with E-state index in [1.54, 1.807) is 0 Å². The van der Waals surface area contributed by atoms with E-state index in [1.165, 1.54) is 0 Å². The van der Waals surface area contributed by atoms with Crippen LogP contribution in [-0.2, 0) is 57.5 Å². The Labute approximate surface area is 274 Å². The fraction of sp³-hybridized carbons (Fsp3) is 0.500. The van der Waals surface area contributed by atoms with Gasteiger partial charge in [0.15, 0.2) is 0 Å². The zero-order valence-corrected chi connectivity index (χ0v) is 28.3. The molecule has 0 radical (unpaired) electrons.